The highest BCUT2D eigenvalue weighted by molar-refractivity contribution is 7.15. The van der Waals surface area contributed by atoms with Crippen molar-refractivity contribution in [1.82, 2.24) is 15.0 Å². The molecular weight excluding hydrogens is 483 g/mol. The van der Waals surface area contributed by atoms with Gasteiger partial charge in [0, 0.05) is 12.2 Å². The predicted octanol–water partition coefficient (Wildman–Crippen LogP) is 5.19. The SMILES string of the molecule is COc1ncnc(OC)c1C(=O)Nc1nc(C(F)(F)F)c(CN(CC(C)C)c2ccccc2C)s1. The number of amides is 1. The number of aromatic nitrogens is 3. The van der Waals surface area contributed by atoms with Crippen LogP contribution in [-0.2, 0) is 12.7 Å². The summed E-state index contributed by atoms with van der Waals surface area (Å²) in [5.41, 5.74) is 0.597. The molecule has 12 heteroatoms. The summed E-state index contributed by atoms with van der Waals surface area (Å²) in [4.78, 5) is 26.2. The predicted molar refractivity (Wildman–Crippen MR) is 127 cm³/mol. The van der Waals surface area contributed by atoms with E-state index in [0.29, 0.717) is 6.54 Å². The number of nitrogens with one attached hydrogen (secondary N) is 1. The van der Waals surface area contributed by atoms with Crippen LogP contribution in [0.5, 0.6) is 11.8 Å². The Morgan fingerprint density at radius 1 is 1.14 bits per heavy atom. The average molecular weight is 510 g/mol. The second-order valence-electron chi connectivity index (χ2n) is 8.07. The van der Waals surface area contributed by atoms with Crippen LogP contribution in [0, 0.1) is 12.8 Å². The number of carbonyl (C=O) groups excluding carboxylic acids is 1. The standard InChI is InChI=1S/C23H26F3N5O3S/c1-13(2)10-31(15-9-7-6-8-14(15)3)11-16-18(23(24,25)26)29-22(35-16)30-19(32)17-20(33-4)27-12-28-21(17)34-5/h6-9,12-13H,10-11H2,1-5H3,(H,29,30,32). The number of carbonyl (C=O) groups is 1. The molecular formula is C23H26F3N5O3S. The quantitative estimate of drug-likeness (QED) is 0.424. The topological polar surface area (TPSA) is 89.5 Å². The number of nitrogens with zero attached hydrogens (tertiary/aromatic N) is 4. The number of halogens is 3. The fourth-order valence-electron chi connectivity index (χ4n) is 3.53. The molecule has 3 rings (SSSR count). The number of aryl methyl sites for hydroxylation is 1. The molecule has 188 valence electrons. The van der Waals surface area contributed by atoms with E-state index in [2.05, 4.69) is 20.3 Å². The molecule has 8 nitrogen and oxygen atoms in total. The molecule has 3 aromatic rings. The van der Waals surface area contributed by atoms with Crippen LogP contribution >= 0.6 is 11.3 Å². The van der Waals surface area contributed by atoms with Gasteiger partial charge in [-0.25, -0.2) is 15.0 Å². The molecule has 0 aliphatic carbocycles. The van der Waals surface area contributed by atoms with Crippen LogP contribution in [0.4, 0.5) is 24.0 Å². The molecule has 2 aromatic heterocycles. The van der Waals surface area contributed by atoms with Crippen molar-refractivity contribution in [2.75, 3.05) is 31.0 Å². The van der Waals surface area contributed by atoms with E-state index in [-0.39, 0.29) is 39.8 Å². The average Bonchev–Trinajstić information content (AvgIpc) is 3.20. The third-order valence-corrected chi connectivity index (χ3v) is 5.91. The van der Waals surface area contributed by atoms with Crippen molar-refractivity contribution in [3.8, 4) is 11.8 Å². The number of hydrogen-bond donors (Lipinski definition) is 1. The van der Waals surface area contributed by atoms with Gasteiger partial charge in [-0.1, -0.05) is 43.4 Å². The maximum atomic E-state index is 13.9. The van der Waals surface area contributed by atoms with Crippen LogP contribution in [0.15, 0.2) is 30.6 Å². The zero-order valence-corrected chi connectivity index (χ0v) is 20.8. The number of ether oxygens (including phenoxy) is 2. The lowest BCUT2D eigenvalue weighted by Crippen LogP contribution is -2.28. The molecule has 1 N–H and O–H groups in total. The molecule has 35 heavy (non-hydrogen) atoms. The highest BCUT2D eigenvalue weighted by Crippen LogP contribution is 2.38. The molecule has 0 spiro atoms. The maximum Gasteiger partial charge on any atom is 0.434 e. The Balaban J connectivity index is 1.98. The minimum atomic E-state index is -4.70. The lowest BCUT2D eigenvalue weighted by molar-refractivity contribution is -0.141. The molecule has 2 heterocycles. The van der Waals surface area contributed by atoms with Crippen molar-refractivity contribution in [1.29, 1.82) is 0 Å². The summed E-state index contributed by atoms with van der Waals surface area (Å²) < 4.78 is 51.9. The fourth-order valence-corrected chi connectivity index (χ4v) is 4.52. The third kappa shape index (κ3) is 6.18. The minimum Gasteiger partial charge on any atom is -0.480 e. The van der Waals surface area contributed by atoms with Crippen LogP contribution < -0.4 is 19.7 Å². The number of anilines is 2. The van der Waals surface area contributed by atoms with Crippen LogP contribution in [0.3, 0.4) is 0 Å². The first-order valence-electron chi connectivity index (χ1n) is 10.7. The second kappa shape index (κ2) is 10.9. The van der Waals surface area contributed by atoms with Crippen molar-refractivity contribution in [2.45, 2.75) is 33.5 Å². The molecule has 0 saturated carbocycles. The highest BCUT2D eigenvalue weighted by atomic mass is 32.1. The van der Waals surface area contributed by atoms with E-state index in [1.165, 1.54) is 14.2 Å². The van der Waals surface area contributed by atoms with E-state index >= 15 is 0 Å². The first-order chi connectivity index (χ1) is 16.5. The summed E-state index contributed by atoms with van der Waals surface area (Å²) >= 11 is 0.765. The van der Waals surface area contributed by atoms with Gasteiger partial charge in [0.2, 0.25) is 11.8 Å². The van der Waals surface area contributed by atoms with Crippen LogP contribution in [-0.4, -0.2) is 41.6 Å². The van der Waals surface area contributed by atoms with E-state index in [1.54, 1.807) is 0 Å². The number of methoxy groups -OCH3 is 2. The minimum absolute atomic E-state index is 0.0139. The number of hydrogen-bond acceptors (Lipinski definition) is 8. The fraction of sp³-hybridized carbons (Fsp3) is 0.391. The summed E-state index contributed by atoms with van der Waals surface area (Å²) in [6, 6.07) is 7.52. The Morgan fingerprint density at radius 2 is 1.77 bits per heavy atom. The molecule has 0 radical (unpaired) electrons. The molecule has 1 amide bonds. The van der Waals surface area contributed by atoms with E-state index in [4.69, 9.17) is 9.47 Å². The third-order valence-electron chi connectivity index (χ3n) is 4.95. The van der Waals surface area contributed by atoms with Crippen molar-refractivity contribution >= 4 is 28.1 Å². The summed E-state index contributed by atoms with van der Waals surface area (Å²) in [6.45, 7) is 6.42. The van der Waals surface area contributed by atoms with Gasteiger partial charge < -0.3 is 14.4 Å². The Kier molecular flexibility index (Phi) is 8.15. The van der Waals surface area contributed by atoms with Crippen molar-refractivity contribution < 1.29 is 27.4 Å². The van der Waals surface area contributed by atoms with Gasteiger partial charge in [0.1, 0.15) is 6.33 Å². The van der Waals surface area contributed by atoms with E-state index in [1.807, 2.05) is 49.9 Å². The monoisotopic (exact) mass is 509 g/mol. The van der Waals surface area contributed by atoms with E-state index in [9.17, 15) is 18.0 Å². The molecule has 0 saturated heterocycles. The zero-order valence-electron chi connectivity index (χ0n) is 19.9. The Labute approximate surface area is 205 Å². The lowest BCUT2D eigenvalue weighted by Gasteiger charge is -2.28. The molecule has 0 unspecified atom stereocenters. The normalized spacial score (nSPS) is 11.5. The van der Waals surface area contributed by atoms with Crippen molar-refractivity contribution in [3.63, 3.8) is 0 Å². The molecule has 0 atom stereocenters. The summed E-state index contributed by atoms with van der Waals surface area (Å²) in [5, 5.41) is 2.21. The Bertz CT molecular complexity index is 1160. The van der Waals surface area contributed by atoms with Gasteiger partial charge in [0.25, 0.3) is 5.91 Å². The van der Waals surface area contributed by atoms with E-state index < -0.39 is 17.8 Å². The summed E-state index contributed by atoms with van der Waals surface area (Å²) in [6.07, 6.45) is -3.55. The van der Waals surface area contributed by atoms with Gasteiger partial charge in [-0.15, -0.1) is 0 Å². The molecule has 1 aromatic carbocycles. The second-order valence-corrected chi connectivity index (χ2v) is 9.15. The first kappa shape index (κ1) is 26.2. The number of rotatable bonds is 9. The summed E-state index contributed by atoms with van der Waals surface area (Å²) in [5.74, 6) is -0.755. The maximum absolute atomic E-state index is 13.9. The number of para-hydroxylation sites is 1. The Hall–Kier alpha value is -3.41. The zero-order chi connectivity index (χ0) is 25.8. The molecule has 0 bridgehead atoms. The van der Waals surface area contributed by atoms with Gasteiger partial charge >= 0.3 is 6.18 Å². The van der Waals surface area contributed by atoms with Crippen molar-refractivity contribution in [3.05, 3.63) is 52.3 Å². The van der Waals surface area contributed by atoms with Gasteiger partial charge in [0.05, 0.1) is 25.6 Å². The Morgan fingerprint density at radius 3 is 2.31 bits per heavy atom. The number of thiazole rings is 1. The van der Waals surface area contributed by atoms with Crippen molar-refractivity contribution in [2.24, 2.45) is 5.92 Å². The van der Waals surface area contributed by atoms with Crippen LogP contribution in [0.25, 0.3) is 0 Å². The van der Waals surface area contributed by atoms with Crippen LogP contribution in [0.2, 0.25) is 0 Å². The molecule has 0 aliphatic rings. The lowest BCUT2D eigenvalue weighted by atomic mass is 10.1. The molecule has 0 fully saturated rings. The molecule has 0 aliphatic heterocycles. The number of alkyl halides is 3. The number of benzene rings is 1. The van der Waals surface area contributed by atoms with Gasteiger partial charge in [-0.05, 0) is 24.5 Å². The van der Waals surface area contributed by atoms with Crippen LogP contribution in [0.1, 0.15) is 40.3 Å². The first-order valence-corrected chi connectivity index (χ1v) is 11.5. The van der Waals surface area contributed by atoms with Gasteiger partial charge in [-0.3, -0.25) is 10.1 Å². The smallest absolute Gasteiger partial charge is 0.434 e. The summed E-state index contributed by atoms with van der Waals surface area (Å²) in [7, 11) is 2.60. The largest absolute Gasteiger partial charge is 0.480 e. The highest BCUT2D eigenvalue weighted by Gasteiger charge is 2.38. The van der Waals surface area contributed by atoms with Gasteiger partial charge in [0.15, 0.2) is 16.4 Å². The van der Waals surface area contributed by atoms with E-state index in [0.717, 1.165) is 28.9 Å². The van der Waals surface area contributed by atoms with Gasteiger partial charge in [-0.2, -0.15) is 13.2 Å².